The van der Waals surface area contributed by atoms with Gasteiger partial charge in [0.2, 0.25) is 21.8 Å². The van der Waals surface area contributed by atoms with Crippen molar-refractivity contribution in [1.82, 2.24) is 10.2 Å². The number of anilines is 1. The number of para-hydroxylation sites is 1. The first-order valence-electron chi connectivity index (χ1n) is 12.4. The maximum atomic E-state index is 13.7. The molecule has 1 unspecified atom stereocenters. The van der Waals surface area contributed by atoms with Crippen LogP contribution in [-0.4, -0.2) is 56.6 Å². The third-order valence-corrected chi connectivity index (χ3v) is 7.76. The van der Waals surface area contributed by atoms with Crippen molar-refractivity contribution in [3.8, 4) is 0 Å². The molecule has 0 bridgehead atoms. The van der Waals surface area contributed by atoms with Gasteiger partial charge in [0.1, 0.15) is 12.6 Å². The van der Waals surface area contributed by atoms with Gasteiger partial charge in [-0.1, -0.05) is 68.3 Å². The SMILES string of the molecule is CCC(C(=O)NC1CCCC1)N(CCc1ccccc1)C(=O)CN(c1ccccc1C)S(C)(=O)=O. The van der Waals surface area contributed by atoms with Crippen molar-refractivity contribution in [2.75, 3.05) is 23.7 Å². The largest absolute Gasteiger partial charge is 0.352 e. The van der Waals surface area contributed by atoms with E-state index in [2.05, 4.69) is 5.32 Å². The van der Waals surface area contributed by atoms with Gasteiger partial charge in [-0.3, -0.25) is 13.9 Å². The highest BCUT2D eigenvalue weighted by atomic mass is 32.2. The van der Waals surface area contributed by atoms with Gasteiger partial charge < -0.3 is 10.2 Å². The standard InChI is InChI=1S/C27H37N3O4S/c1-4-24(27(32)28-23-15-9-10-16-23)29(19-18-22-13-6-5-7-14-22)26(31)20-30(35(3,33)34)25-17-11-8-12-21(25)2/h5-8,11-14,17,23-24H,4,9-10,15-16,18-20H2,1-3H3,(H,28,32). The second-order valence-electron chi connectivity index (χ2n) is 9.29. The van der Waals surface area contributed by atoms with Crippen LogP contribution in [0.15, 0.2) is 54.6 Å². The molecule has 0 aliphatic heterocycles. The molecule has 0 radical (unpaired) electrons. The third kappa shape index (κ3) is 7.31. The number of nitrogens with one attached hydrogen (secondary N) is 1. The number of benzene rings is 2. The van der Waals surface area contributed by atoms with Gasteiger partial charge in [0.15, 0.2) is 0 Å². The summed E-state index contributed by atoms with van der Waals surface area (Å²) < 4.78 is 26.5. The van der Waals surface area contributed by atoms with Gasteiger partial charge in [-0.25, -0.2) is 8.42 Å². The molecule has 0 heterocycles. The van der Waals surface area contributed by atoms with Crippen molar-refractivity contribution < 1.29 is 18.0 Å². The summed E-state index contributed by atoms with van der Waals surface area (Å²) in [4.78, 5) is 28.5. The first-order valence-corrected chi connectivity index (χ1v) is 14.2. The Morgan fingerprint density at radius 2 is 1.66 bits per heavy atom. The second-order valence-corrected chi connectivity index (χ2v) is 11.2. The average Bonchev–Trinajstić information content (AvgIpc) is 3.33. The average molecular weight is 500 g/mol. The first kappa shape index (κ1) is 26.7. The van der Waals surface area contributed by atoms with Crippen LogP contribution in [0.4, 0.5) is 5.69 Å². The zero-order chi connectivity index (χ0) is 25.4. The molecule has 35 heavy (non-hydrogen) atoms. The van der Waals surface area contributed by atoms with Crippen molar-refractivity contribution >= 4 is 27.5 Å². The molecular weight excluding hydrogens is 462 g/mol. The van der Waals surface area contributed by atoms with E-state index in [0.29, 0.717) is 25.1 Å². The Balaban J connectivity index is 1.87. The Kier molecular flexibility index (Phi) is 9.32. The zero-order valence-electron chi connectivity index (χ0n) is 20.9. The minimum absolute atomic E-state index is 0.141. The molecule has 1 saturated carbocycles. The summed E-state index contributed by atoms with van der Waals surface area (Å²) in [5, 5.41) is 3.12. The molecule has 0 saturated heterocycles. The quantitative estimate of drug-likeness (QED) is 0.511. The van der Waals surface area contributed by atoms with Gasteiger partial charge in [0, 0.05) is 12.6 Å². The van der Waals surface area contributed by atoms with Crippen LogP contribution in [0, 0.1) is 6.92 Å². The molecule has 1 fully saturated rings. The van der Waals surface area contributed by atoms with Gasteiger partial charge in [0.25, 0.3) is 0 Å². The molecule has 2 aromatic rings. The van der Waals surface area contributed by atoms with Crippen molar-refractivity contribution in [2.45, 2.75) is 64.5 Å². The van der Waals surface area contributed by atoms with Crippen LogP contribution in [0.25, 0.3) is 0 Å². The van der Waals surface area contributed by atoms with E-state index in [1.807, 2.05) is 56.3 Å². The zero-order valence-corrected chi connectivity index (χ0v) is 21.8. The van der Waals surface area contributed by atoms with Crippen LogP contribution in [0.5, 0.6) is 0 Å². The number of sulfonamides is 1. The first-order chi connectivity index (χ1) is 16.7. The number of aryl methyl sites for hydroxylation is 1. The predicted molar refractivity (Wildman–Crippen MR) is 140 cm³/mol. The van der Waals surface area contributed by atoms with Crippen LogP contribution in [0.3, 0.4) is 0 Å². The van der Waals surface area contributed by atoms with Crippen molar-refractivity contribution in [3.63, 3.8) is 0 Å². The molecule has 2 aromatic carbocycles. The predicted octanol–water partition coefficient (Wildman–Crippen LogP) is 3.67. The highest BCUT2D eigenvalue weighted by Gasteiger charge is 2.32. The summed E-state index contributed by atoms with van der Waals surface area (Å²) >= 11 is 0. The Hall–Kier alpha value is -2.87. The van der Waals surface area contributed by atoms with E-state index in [0.717, 1.165) is 47.4 Å². The van der Waals surface area contributed by atoms with Crippen molar-refractivity contribution in [2.24, 2.45) is 0 Å². The van der Waals surface area contributed by atoms with Gasteiger partial charge in [-0.2, -0.15) is 0 Å². The lowest BCUT2D eigenvalue weighted by atomic mass is 10.1. The maximum Gasteiger partial charge on any atom is 0.244 e. The van der Waals surface area contributed by atoms with E-state index in [4.69, 9.17) is 0 Å². The number of hydrogen-bond acceptors (Lipinski definition) is 4. The van der Waals surface area contributed by atoms with E-state index in [-0.39, 0.29) is 24.4 Å². The van der Waals surface area contributed by atoms with E-state index in [9.17, 15) is 18.0 Å². The lowest BCUT2D eigenvalue weighted by Crippen LogP contribution is -2.54. The van der Waals surface area contributed by atoms with Gasteiger partial charge in [-0.15, -0.1) is 0 Å². The summed E-state index contributed by atoms with van der Waals surface area (Å²) in [6.07, 6.45) is 6.22. The molecule has 1 atom stereocenters. The number of amides is 2. The number of carbonyl (C=O) groups is 2. The molecule has 1 aliphatic rings. The highest BCUT2D eigenvalue weighted by Crippen LogP contribution is 2.23. The third-order valence-electron chi connectivity index (χ3n) is 6.64. The number of nitrogens with zero attached hydrogens (tertiary/aromatic N) is 2. The lowest BCUT2D eigenvalue weighted by molar-refractivity contribution is -0.139. The topological polar surface area (TPSA) is 86.8 Å². The fraction of sp³-hybridized carbons (Fsp3) is 0.481. The van der Waals surface area contributed by atoms with E-state index in [1.54, 1.807) is 17.0 Å². The molecule has 1 aliphatic carbocycles. The fourth-order valence-electron chi connectivity index (χ4n) is 4.70. The molecule has 0 spiro atoms. The van der Waals surface area contributed by atoms with Crippen molar-refractivity contribution in [3.05, 3.63) is 65.7 Å². The lowest BCUT2D eigenvalue weighted by Gasteiger charge is -2.33. The smallest absolute Gasteiger partial charge is 0.244 e. The highest BCUT2D eigenvalue weighted by molar-refractivity contribution is 7.92. The summed E-state index contributed by atoms with van der Waals surface area (Å²) in [5.74, 6) is -0.550. The normalized spacial score (nSPS) is 14.9. The maximum absolute atomic E-state index is 13.7. The minimum Gasteiger partial charge on any atom is -0.352 e. The van der Waals surface area contributed by atoms with E-state index >= 15 is 0 Å². The van der Waals surface area contributed by atoms with Crippen LogP contribution >= 0.6 is 0 Å². The Morgan fingerprint density at radius 1 is 1.03 bits per heavy atom. The summed E-state index contributed by atoms with van der Waals surface area (Å²) in [6, 6.07) is 16.4. The van der Waals surface area contributed by atoms with E-state index in [1.165, 1.54) is 0 Å². The van der Waals surface area contributed by atoms with Crippen molar-refractivity contribution in [1.29, 1.82) is 0 Å². The van der Waals surface area contributed by atoms with Crippen LogP contribution in [0.1, 0.15) is 50.2 Å². The van der Waals surface area contributed by atoms with Crippen LogP contribution in [-0.2, 0) is 26.0 Å². The van der Waals surface area contributed by atoms with Crippen LogP contribution < -0.4 is 9.62 Å². The molecule has 190 valence electrons. The van der Waals surface area contributed by atoms with Crippen LogP contribution in [0.2, 0.25) is 0 Å². The second kappa shape index (κ2) is 12.2. The molecule has 0 aromatic heterocycles. The number of hydrogen-bond donors (Lipinski definition) is 1. The summed E-state index contributed by atoms with van der Waals surface area (Å²) in [6.45, 7) is 3.67. The Morgan fingerprint density at radius 3 is 2.26 bits per heavy atom. The summed E-state index contributed by atoms with van der Waals surface area (Å²) in [5.41, 5.74) is 2.28. The Labute approximate surface area is 209 Å². The fourth-order valence-corrected chi connectivity index (χ4v) is 5.61. The monoisotopic (exact) mass is 499 g/mol. The minimum atomic E-state index is -3.72. The van der Waals surface area contributed by atoms with Gasteiger partial charge in [-0.05, 0) is 49.8 Å². The molecule has 3 rings (SSSR count). The van der Waals surface area contributed by atoms with Gasteiger partial charge in [0.05, 0.1) is 11.9 Å². The molecular formula is C27H37N3O4S. The molecule has 8 heteroatoms. The summed E-state index contributed by atoms with van der Waals surface area (Å²) in [7, 11) is -3.72. The molecule has 2 amide bonds. The number of carbonyl (C=O) groups excluding carboxylic acids is 2. The Bertz CT molecular complexity index is 1100. The van der Waals surface area contributed by atoms with E-state index < -0.39 is 16.1 Å². The van der Waals surface area contributed by atoms with Gasteiger partial charge >= 0.3 is 0 Å². The number of rotatable bonds is 11. The molecule has 1 N–H and O–H groups in total. The molecule has 7 nitrogen and oxygen atoms in total.